The summed E-state index contributed by atoms with van der Waals surface area (Å²) in [5.74, 6) is -4.26. The molecule has 1 aromatic heterocycles. The van der Waals surface area contributed by atoms with Crippen LogP contribution in [0.3, 0.4) is 0 Å². The molecule has 4 aromatic carbocycles. The minimum atomic E-state index is -1.10. The molecule has 61 heavy (non-hydrogen) atoms. The third kappa shape index (κ3) is 7.65. The van der Waals surface area contributed by atoms with E-state index in [1.54, 1.807) is 4.68 Å². The molecule has 318 valence electrons. The first-order valence-corrected chi connectivity index (χ1v) is 20.7. The molecule has 2 saturated heterocycles. The van der Waals surface area contributed by atoms with Gasteiger partial charge in [-0.05, 0) is 55.2 Å². The fourth-order valence-electron chi connectivity index (χ4n) is 9.09. The molecule has 5 aromatic rings. The number of aromatic nitrogens is 2. The van der Waals surface area contributed by atoms with Crippen molar-refractivity contribution in [2.45, 2.75) is 62.5 Å². The molecule has 3 atom stereocenters. The number of nitrogens with zero attached hydrogens (tertiary/aromatic N) is 3. The Morgan fingerprint density at radius 1 is 1.05 bits per heavy atom. The van der Waals surface area contributed by atoms with Crippen LogP contribution in [-0.4, -0.2) is 77.6 Å². The predicted molar refractivity (Wildman–Crippen MR) is 226 cm³/mol. The fraction of sp³-hybridized carbons (Fsp3) is 0.356. The lowest BCUT2D eigenvalue weighted by atomic mass is 9.77. The van der Waals surface area contributed by atoms with E-state index in [0.717, 1.165) is 22.2 Å². The molecular weight excluding hydrogens is 808 g/mol. The Bertz CT molecular complexity index is 2560. The Morgan fingerprint density at radius 3 is 2.51 bits per heavy atom. The molecular formula is C45H46ClF2N7O6. The summed E-state index contributed by atoms with van der Waals surface area (Å²) in [5, 5.41) is 14.5. The number of carbonyl (C=O) groups is 4. The van der Waals surface area contributed by atoms with Gasteiger partial charge >= 0.3 is 0 Å². The summed E-state index contributed by atoms with van der Waals surface area (Å²) < 4.78 is 45.5. The standard InChI is InChI=1S/C45H46ClF2N7O6/c1-24-37-34(22-31(47)40(46)39(37)38-29(43(49)58)11-13-33(60-3)41(38)48)61-45(24,25-7-5-4-6-8-25)23-51-26-16-19-55(20-17-26)36(57)15-18-50-27-9-10-28-32(21-27)54(2)53-42(28)30-12-14-35(56)52-44(30)59/h4-11,13,21-22,24,26,30,50-51H,12,14-20,23H2,1-3H3,(H2,49,58)(H,52,56,59). The molecule has 4 heterocycles. The number of likely N-dealkylation sites (tertiary alicyclic amines) is 1. The van der Waals surface area contributed by atoms with Crippen molar-refractivity contribution >= 4 is 51.8 Å². The quantitative estimate of drug-likeness (QED) is 0.106. The Balaban J connectivity index is 0.931. The van der Waals surface area contributed by atoms with E-state index in [2.05, 4.69) is 21.0 Å². The highest BCUT2D eigenvalue weighted by Crippen LogP contribution is 2.56. The average Bonchev–Trinajstić information content (AvgIpc) is 3.73. The molecule has 5 N–H and O–H groups in total. The summed E-state index contributed by atoms with van der Waals surface area (Å²) >= 11 is 6.66. The van der Waals surface area contributed by atoms with E-state index in [-0.39, 0.29) is 76.4 Å². The fourth-order valence-corrected chi connectivity index (χ4v) is 9.34. The van der Waals surface area contributed by atoms with Crippen LogP contribution in [-0.2, 0) is 27.0 Å². The van der Waals surface area contributed by atoms with Gasteiger partial charge in [0.05, 0.1) is 34.8 Å². The van der Waals surface area contributed by atoms with Crippen LogP contribution in [0.25, 0.3) is 22.0 Å². The van der Waals surface area contributed by atoms with Gasteiger partial charge in [-0.25, -0.2) is 8.78 Å². The SMILES string of the molecule is COc1ccc(C(N)=O)c(-c2c(Cl)c(F)cc3c2C(C)C(CNC2CCN(C(=O)CCNc4ccc5c(C6CCC(=O)NC6=O)nn(C)c5c4)CC2)(c2ccccc2)O3)c1F. The van der Waals surface area contributed by atoms with E-state index in [1.807, 2.05) is 67.4 Å². The number of nitrogens with two attached hydrogens (primary N) is 1. The van der Waals surface area contributed by atoms with Crippen molar-refractivity contribution in [2.24, 2.45) is 12.8 Å². The number of methoxy groups -OCH3 is 1. The summed E-state index contributed by atoms with van der Waals surface area (Å²) in [7, 11) is 3.10. The summed E-state index contributed by atoms with van der Waals surface area (Å²) in [6.07, 6.45) is 2.34. The first-order valence-electron chi connectivity index (χ1n) is 20.3. The van der Waals surface area contributed by atoms with Crippen LogP contribution in [0.2, 0.25) is 5.02 Å². The summed E-state index contributed by atoms with van der Waals surface area (Å²) in [4.78, 5) is 52.0. The van der Waals surface area contributed by atoms with Crippen LogP contribution in [0, 0.1) is 11.6 Å². The van der Waals surface area contributed by atoms with Gasteiger partial charge in [0.1, 0.15) is 11.6 Å². The maximum absolute atomic E-state index is 16.1. The van der Waals surface area contributed by atoms with Crippen molar-refractivity contribution in [3.63, 3.8) is 0 Å². The number of carbonyl (C=O) groups excluding carboxylic acids is 4. The van der Waals surface area contributed by atoms with Gasteiger partial charge in [-0.3, -0.25) is 29.2 Å². The number of ether oxygens (including phenoxy) is 2. The van der Waals surface area contributed by atoms with E-state index < -0.39 is 35.0 Å². The molecule has 0 radical (unpaired) electrons. The van der Waals surface area contributed by atoms with Crippen LogP contribution in [0.4, 0.5) is 14.5 Å². The molecule has 16 heteroatoms. The van der Waals surface area contributed by atoms with Crippen molar-refractivity contribution in [3.05, 3.63) is 106 Å². The highest BCUT2D eigenvalue weighted by Gasteiger charge is 2.50. The normalized spacial score (nSPS) is 20.3. The number of imide groups is 1. The van der Waals surface area contributed by atoms with Crippen molar-refractivity contribution in [1.82, 2.24) is 25.3 Å². The number of halogens is 3. The Kier molecular flexibility index (Phi) is 11.5. The third-order valence-corrected chi connectivity index (χ3v) is 12.7. The van der Waals surface area contributed by atoms with Gasteiger partial charge in [0.25, 0.3) is 0 Å². The lowest BCUT2D eigenvalue weighted by Gasteiger charge is -2.38. The lowest BCUT2D eigenvalue weighted by molar-refractivity contribution is -0.134. The number of fused-ring (bicyclic) bond motifs is 2. The largest absolute Gasteiger partial charge is 0.494 e. The van der Waals surface area contributed by atoms with E-state index >= 15 is 8.78 Å². The molecule has 8 rings (SSSR count). The number of hydrogen-bond donors (Lipinski definition) is 4. The zero-order valence-corrected chi connectivity index (χ0v) is 34.7. The maximum Gasteiger partial charge on any atom is 0.249 e. The number of hydrogen-bond acceptors (Lipinski definition) is 9. The highest BCUT2D eigenvalue weighted by molar-refractivity contribution is 6.34. The minimum absolute atomic E-state index is 0.0232. The first-order chi connectivity index (χ1) is 29.3. The maximum atomic E-state index is 16.1. The summed E-state index contributed by atoms with van der Waals surface area (Å²) in [6.45, 7) is 3.70. The first kappa shape index (κ1) is 41.7. The molecule has 0 spiro atoms. The van der Waals surface area contributed by atoms with Gasteiger partial charge in [0.15, 0.2) is 17.2 Å². The second kappa shape index (κ2) is 16.8. The molecule has 13 nitrogen and oxygen atoms in total. The van der Waals surface area contributed by atoms with Crippen LogP contribution in [0.5, 0.6) is 11.5 Å². The van der Waals surface area contributed by atoms with Crippen LogP contribution in [0.15, 0.2) is 66.7 Å². The molecule has 4 amide bonds. The van der Waals surface area contributed by atoms with Gasteiger partial charge in [0, 0.05) is 91.9 Å². The highest BCUT2D eigenvalue weighted by atomic mass is 35.5. The molecule has 3 aliphatic rings. The number of primary amides is 1. The van der Waals surface area contributed by atoms with Crippen LogP contribution in [0.1, 0.15) is 78.0 Å². The Hall–Kier alpha value is -6.06. The van der Waals surface area contributed by atoms with E-state index in [1.165, 1.54) is 25.3 Å². The van der Waals surface area contributed by atoms with Crippen molar-refractivity contribution in [3.8, 4) is 22.6 Å². The van der Waals surface area contributed by atoms with E-state index in [0.29, 0.717) is 50.2 Å². The molecule has 3 aliphatic heterocycles. The Morgan fingerprint density at radius 2 is 1.80 bits per heavy atom. The van der Waals surface area contributed by atoms with Gasteiger partial charge in [-0.15, -0.1) is 0 Å². The van der Waals surface area contributed by atoms with Gasteiger partial charge in [0.2, 0.25) is 23.6 Å². The molecule has 3 unspecified atom stereocenters. The lowest BCUT2D eigenvalue weighted by Crippen LogP contribution is -2.51. The second-order valence-corrected chi connectivity index (χ2v) is 16.2. The van der Waals surface area contributed by atoms with Crippen molar-refractivity contribution in [1.29, 1.82) is 0 Å². The van der Waals surface area contributed by atoms with E-state index in [9.17, 15) is 19.2 Å². The number of rotatable bonds is 12. The molecule has 0 saturated carbocycles. The number of anilines is 1. The number of piperidine rings is 2. The molecule has 2 fully saturated rings. The van der Waals surface area contributed by atoms with Crippen molar-refractivity contribution < 1.29 is 37.4 Å². The zero-order chi connectivity index (χ0) is 43.2. The molecule has 0 aliphatic carbocycles. The van der Waals surface area contributed by atoms with Gasteiger partial charge in [-0.2, -0.15) is 5.10 Å². The minimum Gasteiger partial charge on any atom is -0.494 e. The smallest absolute Gasteiger partial charge is 0.249 e. The van der Waals surface area contributed by atoms with Crippen LogP contribution < -0.4 is 31.2 Å². The molecule has 0 bridgehead atoms. The Labute approximate surface area is 355 Å². The monoisotopic (exact) mass is 853 g/mol. The average molecular weight is 854 g/mol. The second-order valence-electron chi connectivity index (χ2n) is 15.9. The van der Waals surface area contributed by atoms with Crippen molar-refractivity contribution in [2.75, 3.05) is 38.6 Å². The number of nitrogens with one attached hydrogen (secondary N) is 3. The van der Waals surface area contributed by atoms with E-state index in [4.69, 9.17) is 26.8 Å². The number of benzene rings is 4. The topological polar surface area (TPSA) is 170 Å². The number of aryl methyl sites for hydroxylation is 1. The van der Waals surface area contributed by atoms with Gasteiger partial charge < -0.3 is 30.7 Å². The third-order valence-electron chi connectivity index (χ3n) is 12.4. The number of amides is 4. The predicted octanol–water partition coefficient (Wildman–Crippen LogP) is 6.27. The van der Waals surface area contributed by atoms with Crippen LogP contribution >= 0.6 is 11.6 Å². The summed E-state index contributed by atoms with van der Waals surface area (Å²) in [5.41, 5.74) is 7.67. The zero-order valence-electron chi connectivity index (χ0n) is 33.9. The summed E-state index contributed by atoms with van der Waals surface area (Å²) in [6, 6.07) is 19.1. The van der Waals surface area contributed by atoms with Gasteiger partial charge in [-0.1, -0.05) is 48.9 Å².